The normalized spacial score (nSPS) is 11.8. The maximum absolute atomic E-state index is 12.7. The first-order valence-electron chi connectivity index (χ1n) is 8.01. The van der Waals surface area contributed by atoms with Gasteiger partial charge in [-0.3, -0.25) is 9.59 Å². The summed E-state index contributed by atoms with van der Waals surface area (Å²) >= 11 is 13.4. The lowest BCUT2D eigenvalue weighted by Gasteiger charge is -2.07. The molecule has 0 bridgehead atoms. The number of benzene rings is 2. The Kier molecular flexibility index (Phi) is 5.69. The van der Waals surface area contributed by atoms with E-state index in [9.17, 15) is 9.59 Å². The molecule has 2 aromatic carbocycles. The van der Waals surface area contributed by atoms with Gasteiger partial charge in [0.1, 0.15) is 6.54 Å². The molecule has 3 aromatic rings. The fourth-order valence-corrected chi connectivity index (χ4v) is 4.40. The van der Waals surface area contributed by atoms with Crippen LogP contribution in [0, 0.1) is 13.8 Å². The highest BCUT2D eigenvalue weighted by molar-refractivity contribution is 7.16. The quantitative estimate of drug-likeness (QED) is 0.581. The molecule has 0 aliphatic rings. The van der Waals surface area contributed by atoms with E-state index in [0.717, 1.165) is 21.3 Å². The van der Waals surface area contributed by atoms with Gasteiger partial charge in [-0.2, -0.15) is 4.99 Å². The molecule has 5 nitrogen and oxygen atoms in total. The third-order valence-electron chi connectivity index (χ3n) is 3.98. The first-order chi connectivity index (χ1) is 12.8. The molecular formula is C19H16Cl2N2O3S. The molecule has 27 heavy (non-hydrogen) atoms. The second-order valence-electron chi connectivity index (χ2n) is 6.02. The Morgan fingerprint density at radius 1 is 1.19 bits per heavy atom. The van der Waals surface area contributed by atoms with E-state index in [1.165, 1.54) is 24.5 Å². The van der Waals surface area contributed by atoms with Gasteiger partial charge in [0.2, 0.25) is 0 Å². The van der Waals surface area contributed by atoms with Gasteiger partial charge in [-0.1, -0.05) is 40.6 Å². The van der Waals surface area contributed by atoms with Crippen molar-refractivity contribution in [1.29, 1.82) is 0 Å². The van der Waals surface area contributed by atoms with Crippen molar-refractivity contribution in [1.82, 2.24) is 4.57 Å². The molecular weight excluding hydrogens is 407 g/mol. The minimum atomic E-state index is -0.526. The first kappa shape index (κ1) is 19.6. The zero-order valence-electron chi connectivity index (χ0n) is 14.9. The van der Waals surface area contributed by atoms with Crippen LogP contribution in [0.15, 0.2) is 35.3 Å². The summed E-state index contributed by atoms with van der Waals surface area (Å²) in [6.45, 7) is 3.90. The van der Waals surface area contributed by atoms with Crippen molar-refractivity contribution in [2.45, 2.75) is 20.4 Å². The molecule has 0 unspecified atom stereocenters. The van der Waals surface area contributed by atoms with Gasteiger partial charge in [-0.25, -0.2) is 0 Å². The summed E-state index contributed by atoms with van der Waals surface area (Å²) in [6, 6.07) is 8.64. The van der Waals surface area contributed by atoms with Crippen LogP contribution in [0.1, 0.15) is 21.5 Å². The van der Waals surface area contributed by atoms with Gasteiger partial charge in [0.15, 0.2) is 4.80 Å². The molecule has 8 heteroatoms. The van der Waals surface area contributed by atoms with Crippen LogP contribution in [0.5, 0.6) is 0 Å². The Morgan fingerprint density at radius 2 is 1.93 bits per heavy atom. The molecule has 0 N–H and O–H groups in total. The smallest absolute Gasteiger partial charge is 0.325 e. The maximum Gasteiger partial charge on any atom is 0.325 e. The molecule has 0 atom stereocenters. The predicted octanol–water partition coefficient (Wildman–Crippen LogP) is 4.54. The van der Waals surface area contributed by atoms with Crippen molar-refractivity contribution < 1.29 is 14.3 Å². The van der Waals surface area contributed by atoms with Gasteiger partial charge in [0.05, 0.1) is 27.9 Å². The number of amides is 1. The van der Waals surface area contributed by atoms with Crippen LogP contribution in [0.3, 0.4) is 0 Å². The average molecular weight is 423 g/mol. The standard InChI is InChI=1S/C19H16Cl2N2O3S/c1-10-6-11(2)17-15(7-10)27-19(23(17)9-16(24)26-3)22-18(25)13-8-12(20)4-5-14(13)21/h4-8H,9H2,1-3H3. The minimum Gasteiger partial charge on any atom is -0.468 e. The number of fused-ring (bicyclic) bond motifs is 1. The number of hydrogen-bond donors (Lipinski definition) is 0. The Labute approximate surface area is 169 Å². The molecule has 0 fully saturated rings. The monoisotopic (exact) mass is 422 g/mol. The van der Waals surface area contributed by atoms with Crippen molar-refractivity contribution in [3.63, 3.8) is 0 Å². The molecule has 0 aliphatic heterocycles. The lowest BCUT2D eigenvalue weighted by Crippen LogP contribution is -2.22. The van der Waals surface area contributed by atoms with Crippen molar-refractivity contribution in [3.8, 4) is 0 Å². The molecule has 0 aliphatic carbocycles. The van der Waals surface area contributed by atoms with Crippen LogP contribution >= 0.6 is 34.5 Å². The van der Waals surface area contributed by atoms with Crippen LogP contribution in [0.4, 0.5) is 0 Å². The molecule has 140 valence electrons. The Bertz CT molecular complexity index is 1130. The predicted molar refractivity (Wildman–Crippen MR) is 108 cm³/mol. The number of hydrogen-bond acceptors (Lipinski definition) is 4. The third-order valence-corrected chi connectivity index (χ3v) is 5.57. The highest BCUT2D eigenvalue weighted by atomic mass is 35.5. The molecule has 1 amide bonds. The minimum absolute atomic E-state index is 0.0458. The lowest BCUT2D eigenvalue weighted by molar-refractivity contribution is -0.141. The van der Waals surface area contributed by atoms with Crippen LogP contribution in [0.2, 0.25) is 10.0 Å². The Balaban J connectivity index is 2.23. The summed E-state index contributed by atoms with van der Waals surface area (Å²) in [5.74, 6) is -0.952. The van der Waals surface area contributed by atoms with Gasteiger partial charge in [0.25, 0.3) is 5.91 Å². The van der Waals surface area contributed by atoms with Gasteiger partial charge in [-0.15, -0.1) is 0 Å². The summed E-state index contributed by atoms with van der Waals surface area (Å²) in [6.07, 6.45) is 0. The Hall–Kier alpha value is -2.15. The molecule has 1 heterocycles. The number of esters is 1. The largest absolute Gasteiger partial charge is 0.468 e. The van der Waals surface area contributed by atoms with Gasteiger partial charge < -0.3 is 9.30 Å². The zero-order chi connectivity index (χ0) is 19.7. The number of rotatable bonds is 3. The van der Waals surface area contributed by atoms with E-state index in [4.69, 9.17) is 27.9 Å². The van der Waals surface area contributed by atoms with E-state index in [1.807, 2.05) is 26.0 Å². The van der Waals surface area contributed by atoms with Crippen molar-refractivity contribution in [2.75, 3.05) is 7.11 Å². The summed E-state index contributed by atoms with van der Waals surface area (Å²) in [4.78, 5) is 29.2. The van der Waals surface area contributed by atoms with Crippen molar-refractivity contribution in [3.05, 3.63) is 61.9 Å². The summed E-state index contributed by atoms with van der Waals surface area (Å²) in [5, 5.41) is 0.656. The summed E-state index contributed by atoms with van der Waals surface area (Å²) in [7, 11) is 1.32. The fraction of sp³-hybridized carbons (Fsp3) is 0.211. The second kappa shape index (κ2) is 7.84. The van der Waals surface area contributed by atoms with E-state index < -0.39 is 11.9 Å². The number of carbonyl (C=O) groups excluding carboxylic acids is 2. The topological polar surface area (TPSA) is 60.7 Å². The number of carbonyl (C=O) groups is 2. The lowest BCUT2D eigenvalue weighted by atomic mass is 10.1. The number of aryl methyl sites for hydroxylation is 2. The number of ether oxygens (including phenoxy) is 1. The maximum atomic E-state index is 12.7. The second-order valence-corrected chi connectivity index (χ2v) is 7.87. The van der Waals surface area contributed by atoms with Crippen molar-refractivity contribution in [2.24, 2.45) is 4.99 Å². The number of halogens is 2. The molecule has 0 saturated carbocycles. The van der Waals surface area contributed by atoms with Crippen molar-refractivity contribution >= 4 is 56.6 Å². The van der Waals surface area contributed by atoms with Crippen LogP contribution in [-0.4, -0.2) is 23.6 Å². The summed E-state index contributed by atoms with van der Waals surface area (Å²) in [5.41, 5.74) is 3.13. The van der Waals surface area contributed by atoms with Crippen LogP contribution in [-0.2, 0) is 16.1 Å². The van der Waals surface area contributed by atoms with Gasteiger partial charge >= 0.3 is 5.97 Å². The zero-order valence-corrected chi connectivity index (χ0v) is 17.2. The molecule has 0 spiro atoms. The molecule has 3 rings (SSSR count). The van der Waals surface area contributed by atoms with Gasteiger partial charge in [0, 0.05) is 5.02 Å². The molecule has 1 aromatic heterocycles. The number of thiazole rings is 1. The van der Waals surface area contributed by atoms with E-state index in [1.54, 1.807) is 16.7 Å². The third kappa shape index (κ3) is 4.08. The highest BCUT2D eigenvalue weighted by Crippen LogP contribution is 2.24. The number of methoxy groups -OCH3 is 1. The van der Waals surface area contributed by atoms with E-state index in [0.29, 0.717) is 9.82 Å². The average Bonchev–Trinajstić information content (AvgIpc) is 2.93. The van der Waals surface area contributed by atoms with Crippen LogP contribution < -0.4 is 4.80 Å². The molecule has 0 radical (unpaired) electrons. The Morgan fingerprint density at radius 3 is 2.63 bits per heavy atom. The van der Waals surface area contributed by atoms with E-state index >= 15 is 0 Å². The summed E-state index contributed by atoms with van der Waals surface area (Å²) < 4.78 is 7.42. The highest BCUT2D eigenvalue weighted by Gasteiger charge is 2.16. The van der Waals surface area contributed by atoms with Gasteiger partial charge in [-0.05, 0) is 49.2 Å². The first-order valence-corrected chi connectivity index (χ1v) is 9.59. The fourth-order valence-electron chi connectivity index (χ4n) is 2.83. The van der Waals surface area contributed by atoms with E-state index in [2.05, 4.69) is 4.99 Å². The van der Waals surface area contributed by atoms with E-state index in [-0.39, 0.29) is 17.1 Å². The number of aromatic nitrogens is 1. The molecule has 0 saturated heterocycles. The van der Waals surface area contributed by atoms with Crippen LogP contribution in [0.25, 0.3) is 10.2 Å². The SMILES string of the molecule is COC(=O)Cn1c(=NC(=O)c2cc(Cl)ccc2Cl)sc2cc(C)cc(C)c21. The number of nitrogens with zero attached hydrogens (tertiary/aromatic N) is 2.